The lowest BCUT2D eigenvalue weighted by Gasteiger charge is -2.11. The van der Waals surface area contributed by atoms with Crippen molar-refractivity contribution in [2.75, 3.05) is 26.8 Å². The summed E-state index contributed by atoms with van der Waals surface area (Å²) in [5.41, 5.74) is 7.54. The van der Waals surface area contributed by atoms with Crippen molar-refractivity contribution in [3.8, 4) is 17.2 Å². The van der Waals surface area contributed by atoms with Gasteiger partial charge >= 0.3 is 0 Å². The molecule has 8 nitrogen and oxygen atoms in total. The van der Waals surface area contributed by atoms with Crippen molar-refractivity contribution in [3.63, 3.8) is 0 Å². The number of anilines is 1. The molecule has 4 aromatic rings. The Hall–Kier alpha value is -3.81. The second-order valence-electron chi connectivity index (χ2n) is 6.44. The molecule has 0 amide bonds. The molecular formula is C21H21N5O3. The van der Waals surface area contributed by atoms with Gasteiger partial charge in [-0.3, -0.25) is 5.43 Å². The fourth-order valence-corrected chi connectivity index (χ4v) is 3.21. The van der Waals surface area contributed by atoms with Gasteiger partial charge in [0.25, 0.3) is 0 Å². The highest BCUT2D eigenvalue weighted by Gasteiger charge is 2.12. The summed E-state index contributed by atoms with van der Waals surface area (Å²) >= 11 is 0. The molecule has 2 aromatic carbocycles. The highest BCUT2D eigenvalue weighted by molar-refractivity contribution is 6.08. The molecule has 0 aliphatic rings. The minimum atomic E-state index is 0.583. The summed E-state index contributed by atoms with van der Waals surface area (Å²) in [7, 11) is 4.75. The third-order valence-corrected chi connectivity index (χ3v) is 4.65. The number of hydrogen-bond acceptors (Lipinski definition) is 7. The van der Waals surface area contributed by atoms with E-state index in [-0.39, 0.29) is 0 Å². The molecule has 0 saturated carbocycles. The zero-order valence-electron chi connectivity index (χ0n) is 16.6. The number of benzene rings is 2. The summed E-state index contributed by atoms with van der Waals surface area (Å²) in [6, 6.07) is 9.75. The van der Waals surface area contributed by atoms with E-state index in [1.807, 2.05) is 0 Å². The molecule has 0 aliphatic heterocycles. The van der Waals surface area contributed by atoms with E-state index in [2.05, 4.69) is 50.6 Å². The van der Waals surface area contributed by atoms with Gasteiger partial charge in [0, 0.05) is 22.5 Å². The number of aromatic amines is 1. The zero-order valence-corrected chi connectivity index (χ0v) is 16.6. The average Bonchev–Trinajstić information content (AvgIpc) is 3.11. The molecule has 2 aromatic heterocycles. The number of fused-ring (bicyclic) bond motifs is 3. The van der Waals surface area contributed by atoms with Crippen LogP contribution in [0.3, 0.4) is 0 Å². The standard InChI is InChI=1S/C21H21N5O3/c1-12-5-6-14-15(7-12)25-20-19(14)22-11-23-21(20)26-24-10-13-8-17(28-3)18(29-4)9-16(13)27-2/h5-11,25H,1-4H3,(H,22,23,26). The van der Waals surface area contributed by atoms with Gasteiger partial charge in [0.15, 0.2) is 17.3 Å². The number of aromatic nitrogens is 3. The van der Waals surface area contributed by atoms with Crippen LogP contribution in [-0.2, 0) is 0 Å². The van der Waals surface area contributed by atoms with Gasteiger partial charge in [-0.05, 0) is 24.6 Å². The largest absolute Gasteiger partial charge is 0.496 e. The van der Waals surface area contributed by atoms with Gasteiger partial charge < -0.3 is 19.2 Å². The van der Waals surface area contributed by atoms with E-state index in [1.54, 1.807) is 39.7 Å². The van der Waals surface area contributed by atoms with Crippen LogP contribution in [0, 0.1) is 6.92 Å². The van der Waals surface area contributed by atoms with E-state index in [1.165, 1.54) is 11.9 Å². The first-order valence-corrected chi connectivity index (χ1v) is 8.96. The molecule has 0 saturated heterocycles. The summed E-state index contributed by atoms with van der Waals surface area (Å²) in [6.45, 7) is 2.05. The predicted octanol–water partition coefficient (Wildman–Crippen LogP) is 3.89. The molecule has 29 heavy (non-hydrogen) atoms. The maximum atomic E-state index is 5.43. The monoisotopic (exact) mass is 391 g/mol. The molecule has 148 valence electrons. The Morgan fingerprint density at radius 3 is 2.48 bits per heavy atom. The number of H-pyrrole nitrogens is 1. The first kappa shape index (κ1) is 18.5. The van der Waals surface area contributed by atoms with Crippen LogP contribution in [0.25, 0.3) is 21.9 Å². The van der Waals surface area contributed by atoms with Gasteiger partial charge in [0.1, 0.15) is 23.1 Å². The smallest absolute Gasteiger partial charge is 0.174 e. The van der Waals surface area contributed by atoms with Crippen molar-refractivity contribution in [2.45, 2.75) is 6.92 Å². The number of aryl methyl sites for hydroxylation is 1. The van der Waals surface area contributed by atoms with Crippen LogP contribution in [0.1, 0.15) is 11.1 Å². The summed E-state index contributed by atoms with van der Waals surface area (Å²) in [4.78, 5) is 12.1. The fraction of sp³-hybridized carbons (Fsp3) is 0.190. The minimum Gasteiger partial charge on any atom is -0.496 e. The van der Waals surface area contributed by atoms with Crippen molar-refractivity contribution in [1.82, 2.24) is 15.0 Å². The van der Waals surface area contributed by atoms with Gasteiger partial charge in [-0.25, -0.2) is 9.97 Å². The molecule has 8 heteroatoms. The Balaban J connectivity index is 1.68. The minimum absolute atomic E-state index is 0.583. The summed E-state index contributed by atoms with van der Waals surface area (Å²) in [5, 5.41) is 5.37. The molecule has 2 heterocycles. The van der Waals surface area contributed by atoms with Crippen LogP contribution in [0.5, 0.6) is 17.2 Å². The third kappa shape index (κ3) is 3.40. The highest BCUT2D eigenvalue weighted by Crippen LogP contribution is 2.34. The molecule has 0 radical (unpaired) electrons. The van der Waals surface area contributed by atoms with Gasteiger partial charge in [-0.2, -0.15) is 5.10 Å². The molecular weight excluding hydrogens is 370 g/mol. The van der Waals surface area contributed by atoms with Gasteiger partial charge in [0.05, 0.1) is 27.5 Å². The first-order chi connectivity index (χ1) is 14.1. The molecule has 0 spiro atoms. The lowest BCUT2D eigenvalue weighted by Crippen LogP contribution is -1.99. The maximum Gasteiger partial charge on any atom is 0.174 e. The van der Waals surface area contributed by atoms with Crippen molar-refractivity contribution in [3.05, 3.63) is 47.8 Å². The lowest BCUT2D eigenvalue weighted by atomic mass is 10.2. The summed E-state index contributed by atoms with van der Waals surface area (Å²) in [5.74, 6) is 2.37. The Morgan fingerprint density at radius 1 is 0.966 bits per heavy atom. The van der Waals surface area contributed by atoms with Gasteiger partial charge in [-0.1, -0.05) is 12.1 Å². The number of hydrogen-bond donors (Lipinski definition) is 2. The van der Waals surface area contributed by atoms with Crippen LogP contribution >= 0.6 is 0 Å². The lowest BCUT2D eigenvalue weighted by molar-refractivity contribution is 0.349. The number of rotatable bonds is 6. The SMILES string of the molecule is COc1cc(OC)c(OC)cc1C=NNc1ncnc2c1[nH]c1cc(C)ccc12. The zero-order chi connectivity index (χ0) is 20.4. The highest BCUT2D eigenvalue weighted by atomic mass is 16.5. The molecule has 2 N–H and O–H groups in total. The number of ether oxygens (including phenoxy) is 3. The Kier molecular flexibility index (Phi) is 4.90. The van der Waals surface area contributed by atoms with E-state index in [0.717, 1.165) is 27.5 Å². The van der Waals surface area contributed by atoms with Crippen LogP contribution < -0.4 is 19.6 Å². The summed E-state index contributed by atoms with van der Waals surface area (Å²) in [6.07, 6.45) is 3.16. The maximum absolute atomic E-state index is 5.43. The van der Waals surface area contributed by atoms with E-state index >= 15 is 0 Å². The van der Waals surface area contributed by atoms with Gasteiger partial charge in [0.2, 0.25) is 0 Å². The van der Waals surface area contributed by atoms with Crippen LogP contribution in [0.2, 0.25) is 0 Å². The normalized spacial score (nSPS) is 11.3. The Labute approximate surface area is 167 Å². The quantitative estimate of drug-likeness (QED) is 0.383. The number of nitrogens with one attached hydrogen (secondary N) is 2. The van der Waals surface area contributed by atoms with Crippen LogP contribution in [-0.4, -0.2) is 42.5 Å². The van der Waals surface area contributed by atoms with Crippen LogP contribution in [0.15, 0.2) is 41.8 Å². The number of nitrogens with zero attached hydrogens (tertiary/aromatic N) is 3. The Morgan fingerprint density at radius 2 is 1.72 bits per heavy atom. The van der Waals surface area contributed by atoms with E-state index in [9.17, 15) is 0 Å². The fourth-order valence-electron chi connectivity index (χ4n) is 3.21. The third-order valence-electron chi connectivity index (χ3n) is 4.65. The Bertz CT molecular complexity index is 1220. The van der Waals surface area contributed by atoms with Gasteiger partial charge in [-0.15, -0.1) is 0 Å². The number of hydrazone groups is 1. The molecule has 0 fully saturated rings. The molecule has 4 rings (SSSR count). The average molecular weight is 391 g/mol. The molecule has 0 atom stereocenters. The second kappa shape index (κ2) is 7.67. The van der Waals surface area contributed by atoms with Crippen molar-refractivity contribution in [1.29, 1.82) is 0 Å². The van der Waals surface area contributed by atoms with E-state index in [0.29, 0.717) is 23.1 Å². The number of methoxy groups -OCH3 is 3. The topological polar surface area (TPSA) is 93.7 Å². The van der Waals surface area contributed by atoms with Crippen molar-refractivity contribution >= 4 is 34.0 Å². The van der Waals surface area contributed by atoms with Crippen molar-refractivity contribution < 1.29 is 14.2 Å². The van der Waals surface area contributed by atoms with E-state index in [4.69, 9.17) is 14.2 Å². The molecule has 0 bridgehead atoms. The summed E-state index contributed by atoms with van der Waals surface area (Å²) < 4.78 is 16.1. The second-order valence-corrected chi connectivity index (χ2v) is 6.44. The van der Waals surface area contributed by atoms with Crippen LogP contribution in [0.4, 0.5) is 5.82 Å². The van der Waals surface area contributed by atoms with Crippen molar-refractivity contribution in [2.24, 2.45) is 5.10 Å². The first-order valence-electron chi connectivity index (χ1n) is 8.96. The predicted molar refractivity (Wildman–Crippen MR) is 113 cm³/mol. The molecule has 0 unspecified atom stereocenters. The van der Waals surface area contributed by atoms with E-state index < -0.39 is 0 Å². The molecule has 0 aliphatic carbocycles.